The fourth-order valence-corrected chi connectivity index (χ4v) is 4.56. The van der Waals surface area contributed by atoms with Gasteiger partial charge in [0.1, 0.15) is 6.04 Å². The minimum absolute atomic E-state index is 0.0146. The molecule has 0 saturated carbocycles. The van der Waals surface area contributed by atoms with Crippen molar-refractivity contribution >= 4 is 17.7 Å². The van der Waals surface area contributed by atoms with Gasteiger partial charge in [-0.05, 0) is 39.5 Å². The Kier molecular flexibility index (Phi) is 7.26. The Morgan fingerprint density at radius 1 is 1.21 bits per heavy atom. The lowest BCUT2D eigenvalue weighted by Crippen LogP contribution is -2.52. The van der Waals surface area contributed by atoms with Gasteiger partial charge in [0.25, 0.3) is 0 Å². The number of likely N-dealkylation sites (tertiary alicyclic amines) is 1. The molecular weight excluding hydrogens is 358 g/mol. The highest BCUT2D eigenvalue weighted by Crippen LogP contribution is 2.45. The second-order valence-electron chi connectivity index (χ2n) is 8.87. The van der Waals surface area contributed by atoms with Crippen molar-refractivity contribution in [1.29, 1.82) is 0 Å². The molecule has 2 aliphatic rings. The summed E-state index contributed by atoms with van der Waals surface area (Å²) in [7, 11) is 1.59. The Bertz CT molecular complexity index is 626. The molecule has 1 fully saturated rings. The van der Waals surface area contributed by atoms with E-state index in [1.165, 1.54) is 0 Å². The van der Waals surface area contributed by atoms with Crippen LogP contribution in [0.2, 0.25) is 0 Å². The summed E-state index contributed by atoms with van der Waals surface area (Å²) in [6.45, 7) is 8.01. The molecule has 0 aromatic carbocycles. The van der Waals surface area contributed by atoms with E-state index in [2.05, 4.69) is 17.6 Å². The number of amides is 3. The predicted octanol–water partition coefficient (Wildman–Crippen LogP) is 1.08. The molecule has 1 aliphatic heterocycles. The summed E-state index contributed by atoms with van der Waals surface area (Å²) in [5, 5.41) is 15.0. The van der Waals surface area contributed by atoms with Gasteiger partial charge in [-0.2, -0.15) is 0 Å². The Labute approximate surface area is 167 Å². The molecule has 3 amide bonds. The molecule has 7 nitrogen and oxygen atoms in total. The summed E-state index contributed by atoms with van der Waals surface area (Å²) >= 11 is 0. The molecule has 0 bridgehead atoms. The molecule has 0 unspecified atom stereocenters. The minimum Gasteiger partial charge on any atom is -0.396 e. The average molecular weight is 394 g/mol. The molecule has 7 heteroatoms. The van der Waals surface area contributed by atoms with Crippen LogP contribution < -0.4 is 10.6 Å². The Morgan fingerprint density at radius 2 is 1.89 bits per heavy atom. The van der Waals surface area contributed by atoms with Crippen LogP contribution in [0.5, 0.6) is 0 Å². The van der Waals surface area contributed by atoms with Gasteiger partial charge in [0.15, 0.2) is 0 Å². The number of nitrogens with one attached hydrogen (secondary N) is 2. The molecule has 0 aromatic rings. The first kappa shape index (κ1) is 22.4. The highest BCUT2D eigenvalue weighted by atomic mass is 16.3. The normalized spacial score (nSPS) is 29.6. The minimum atomic E-state index is -0.658. The third-order valence-corrected chi connectivity index (χ3v) is 5.61. The molecule has 0 spiro atoms. The van der Waals surface area contributed by atoms with E-state index in [0.717, 1.165) is 12.8 Å². The van der Waals surface area contributed by atoms with Crippen LogP contribution in [0.15, 0.2) is 12.2 Å². The van der Waals surface area contributed by atoms with Crippen molar-refractivity contribution in [3.63, 3.8) is 0 Å². The van der Waals surface area contributed by atoms with Crippen molar-refractivity contribution < 1.29 is 19.5 Å². The number of carbonyl (C=O) groups excluding carboxylic acids is 3. The summed E-state index contributed by atoms with van der Waals surface area (Å²) in [6.07, 6.45) is 6.12. The molecule has 3 N–H and O–H groups in total. The van der Waals surface area contributed by atoms with E-state index in [1.54, 1.807) is 11.9 Å². The predicted molar refractivity (Wildman–Crippen MR) is 107 cm³/mol. The molecule has 1 aliphatic carbocycles. The van der Waals surface area contributed by atoms with Gasteiger partial charge in [-0.15, -0.1) is 0 Å². The van der Waals surface area contributed by atoms with Crippen molar-refractivity contribution in [2.45, 2.75) is 58.5 Å². The maximum atomic E-state index is 13.4. The molecule has 158 valence electrons. The number of allylic oxidation sites excluding steroid dienone is 1. The second kappa shape index (κ2) is 9.07. The summed E-state index contributed by atoms with van der Waals surface area (Å²) < 4.78 is 0. The highest BCUT2D eigenvalue weighted by Gasteiger charge is 2.56. The summed E-state index contributed by atoms with van der Waals surface area (Å²) in [5.41, 5.74) is -0.426. The van der Waals surface area contributed by atoms with E-state index in [0.29, 0.717) is 13.0 Å². The number of aliphatic hydroxyl groups excluding tert-OH is 1. The Hall–Kier alpha value is -1.89. The van der Waals surface area contributed by atoms with Gasteiger partial charge in [-0.25, -0.2) is 0 Å². The third-order valence-electron chi connectivity index (χ3n) is 5.61. The van der Waals surface area contributed by atoms with E-state index in [4.69, 9.17) is 0 Å². The maximum absolute atomic E-state index is 13.4. The number of rotatable bonds is 7. The van der Waals surface area contributed by atoms with E-state index >= 15 is 0 Å². The molecule has 1 heterocycles. The average Bonchev–Trinajstić information content (AvgIpc) is 2.90. The summed E-state index contributed by atoms with van der Waals surface area (Å²) in [5.74, 6) is -1.90. The van der Waals surface area contributed by atoms with Gasteiger partial charge in [0, 0.05) is 31.7 Å². The SMILES string of the molecule is CCC[C@@H]1C=C[C@H]2[C@H](C(=O)N(CCCO)[C@@H]2C(=O)NC(C)(C)C)[C@@H]1C(=O)NC. The topological polar surface area (TPSA) is 98.7 Å². The van der Waals surface area contributed by atoms with E-state index in [-0.39, 0.29) is 36.2 Å². The lowest BCUT2D eigenvalue weighted by atomic mass is 9.68. The van der Waals surface area contributed by atoms with Gasteiger partial charge in [0.2, 0.25) is 17.7 Å². The van der Waals surface area contributed by atoms with Gasteiger partial charge < -0.3 is 20.6 Å². The first-order chi connectivity index (χ1) is 13.2. The van der Waals surface area contributed by atoms with Crippen LogP contribution >= 0.6 is 0 Å². The Morgan fingerprint density at radius 3 is 2.43 bits per heavy atom. The second-order valence-corrected chi connectivity index (χ2v) is 8.87. The van der Waals surface area contributed by atoms with Crippen LogP contribution in [0.25, 0.3) is 0 Å². The zero-order valence-electron chi connectivity index (χ0n) is 17.7. The molecule has 0 radical (unpaired) electrons. The van der Waals surface area contributed by atoms with E-state index < -0.39 is 23.4 Å². The molecular formula is C21H35N3O4. The summed E-state index contributed by atoms with van der Waals surface area (Å²) in [4.78, 5) is 40.7. The number of carbonyl (C=O) groups is 3. The van der Waals surface area contributed by atoms with Gasteiger partial charge in [-0.1, -0.05) is 25.5 Å². The first-order valence-electron chi connectivity index (χ1n) is 10.3. The fourth-order valence-electron chi connectivity index (χ4n) is 4.56. The number of hydrogen-bond acceptors (Lipinski definition) is 4. The van der Waals surface area contributed by atoms with Crippen molar-refractivity contribution in [2.24, 2.45) is 23.7 Å². The monoisotopic (exact) mass is 393 g/mol. The Balaban J connectivity index is 2.44. The van der Waals surface area contributed by atoms with Gasteiger partial charge in [0.05, 0.1) is 11.8 Å². The largest absolute Gasteiger partial charge is 0.396 e. The third kappa shape index (κ3) is 4.57. The van der Waals surface area contributed by atoms with Crippen LogP contribution in [0, 0.1) is 23.7 Å². The van der Waals surface area contributed by atoms with Crippen molar-refractivity contribution in [2.75, 3.05) is 20.2 Å². The molecule has 1 saturated heterocycles. The molecule has 28 heavy (non-hydrogen) atoms. The smallest absolute Gasteiger partial charge is 0.243 e. The number of aliphatic hydroxyl groups is 1. The zero-order chi connectivity index (χ0) is 21.1. The quantitative estimate of drug-likeness (QED) is 0.564. The zero-order valence-corrected chi connectivity index (χ0v) is 17.7. The molecule has 2 rings (SSSR count). The van der Waals surface area contributed by atoms with Crippen LogP contribution in [-0.4, -0.2) is 59.5 Å². The van der Waals surface area contributed by atoms with Gasteiger partial charge >= 0.3 is 0 Å². The van der Waals surface area contributed by atoms with Gasteiger partial charge in [-0.3, -0.25) is 14.4 Å². The van der Waals surface area contributed by atoms with Crippen LogP contribution in [-0.2, 0) is 14.4 Å². The molecule has 0 aromatic heterocycles. The highest BCUT2D eigenvalue weighted by molar-refractivity contribution is 5.96. The fraction of sp³-hybridized carbons (Fsp3) is 0.762. The standard InChI is InChI=1S/C21H35N3O4/c1-6-8-13-9-10-14-16(15(13)18(26)22-5)20(28)24(11-7-12-25)17(14)19(27)23-21(2,3)4/h9-10,13-17,25H,6-8,11-12H2,1-5H3,(H,22,26)(H,23,27)/t13-,14+,15-,16+,17+/m1/s1. The number of fused-ring (bicyclic) bond motifs is 1. The number of hydrogen-bond donors (Lipinski definition) is 3. The van der Waals surface area contributed by atoms with Crippen molar-refractivity contribution in [3.05, 3.63) is 12.2 Å². The van der Waals surface area contributed by atoms with Crippen molar-refractivity contribution in [3.8, 4) is 0 Å². The lowest BCUT2D eigenvalue weighted by molar-refractivity contribution is -0.141. The van der Waals surface area contributed by atoms with Crippen LogP contribution in [0.3, 0.4) is 0 Å². The van der Waals surface area contributed by atoms with E-state index in [9.17, 15) is 19.5 Å². The molecule has 5 atom stereocenters. The van der Waals surface area contributed by atoms with Crippen LogP contribution in [0.1, 0.15) is 47.0 Å². The van der Waals surface area contributed by atoms with E-state index in [1.807, 2.05) is 32.9 Å². The van der Waals surface area contributed by atoms with Crippen LogP contribution in [0.4, 0.5) is 0 Å². The van der Waals surface area contributed by atoms with Crippen molar-refractivity contribution in [1.82, 2.24) is 15.5 Å². The first-order valence-corrected chi connectivity index (χ1v) is 10.3. The lowest BCUT2D eigenvalue weighted by Gasteiger charge is -2.34. The number of nitrogens with zero attached hydrogens (tertiary/aromatic N) is 1. The summed E-state index contributed by atoms with van der Waals surface area (Å²) in [6, 6.07) is -0.658. The maximum Gasteiger partial charge on any atom is 0.243 e.